The number of sulfonamides is 1. The highest BCUT2D eigenvalue weighted by Crippen LogP contribution is 2.13. The van der Waals surface area contributed by atoms with Crippen molar-refractivity contribution >= 4 is 10.0 Å². The van der Waals surface area contributed by atoms with Crippen LogP contribution >= 0.6 is 0 Å². The number of rotatable bonds is 6. The number of aliphatic hydroxyl groups is 3. The van der Waals surface area contributed by atoms with Crippen LogP contribution in [0.15, 0.2) is 23.4 Å². The van der Waals surface area contributed by atoms with Gasteiger partial charge in [0.15, 0.2) is 0 Å². The molecule has 1 heterocycles. The summed E-state index contributed by atoms with van der Waals surface area (Å²) >= 11 is 0. The molecule has 0 aliphatic rings. The normalized spacial score (nSPS) is 12.9. The van der Waals surface area contributed by atoms with Gasteiger partial charge in [-0.05, 0) is 6.07 Å². The van der Waals surface area contributed by atoms with Gasteiger partial charge in [0.05, 0.1) is 24.7 Å². The Kier molecular flexibility index (Phi) is 4.28. The van der Waals surface area contributed by atoms with Crippen LogP contribution in [0, 0.1) is 0 Å². The van der Waals surface area contributed by atoms with Crippen molar-refractivity contribution in [2.45, 2.75) is 10.4 Å². The fraction of sp³-hybridized carbons (Fsp3) is 0.556. The highest BCUT2D eigenvalue weighted by molar-refractivity contribution is 7.89. The molecule has 0 unspecified atom stereocenters. The molecule has 0 saturated heterocycles. The molecule has 1 rings (SSSR count). The van der Waals surface area contributed by atoms with Gasteiger partial charge < -0.3 is 19.9 Å². The molecule has 0 saturated carbocycles. The van der Waals surface area contributed by atoms with Gasteiger partial charge in [-0.1, -0.05) is 0 Å². The summed E-state index contributed by atoms with van der Waals surface area (Å²) in [5.74, 6) is 0. The number of nitrogens with zero attached hydrogens (tertiary/aromatic N) is 1. The third kappa shape index (κ3) is 3.05. The van der Waals surface area contributed by atoms with Gasteiger partial charge in [-0.25, -0.2) is 8.42 Å². The van der Waals surface area contributed by atoms with Crippen LogP contribution in [-0.2, 0) is 17.1 Å². The first-order valence-corrected chi connectivity index (χ1v) is 6.36. The predicted molar refractivity (Wildman–Crippen MR) is 59.7 cm³/mol. The molecule has 17 heavy (non-hydrogen) atoms. The molecule has 0 aromatic carbocycles. The maximum atomic E-state index is 11.9. The lowest BCUT2D eigenvalue weighted by atomic mass is 10.1. The topological polar surface area (TPSA) is 112 Å². The van der Waals surface area contributed by atoms with Crippen LogP contribution in [0.3, 0.4) is 0 Å². The Morgan fingerprint density at radius 2 is 1.82 bits per heavy atom. The van der Waals surface area contributed by atoms with Gasteiger partial charge in [-0.15, -0.1) is 0 Å². The third-order valence-corrected chi connectivity index (χ3v) is 3.94. The Morgan fingerprint density at radius 1 is 1.29 bits per heavy atom. The minimum absolute atomic E-state index is 0.000255. The van der Waals surface area contributed by atoms with Crippen molar-refractivity contribution in [2.75, 3.05) is 19.8 Å². The number of hydrogen-bond acceptors (Lipinski definition) is 5. The average molecular weight is 264 g/mol. The molecule has 4 N–H and O–H groups in total. The second-order valence-corrected chi connectivity index (χ2v) is 5.56. The Morgan fingerprint density at radius 3 is 2.18 bits per heavy atom. The first kappa shape index (κ1) is 14.1. The Balaban J connectivity index is 3.00. The Hall–Kier alpha value is -0.930. The lowest BCUT2D eigenvalue weighted by molar-refractivity contribution is 0.0582. The van der Waals surface area contributed by atoms with Gasteiger partial charge in [0.25, 0.3) is 0 Å². The van der Waals surface area contributed by atoms with E-state index in [1.807, 2.05) is 0 Å². The zero-order valence-electron chi connectivity index (χ0n) is 9.37. The van der Waals surface area contributed by atoms with Crippen LogP contribution in [-0.4, -0.2) is 53.7 Å². The molecule has 7 nitrogen and oxygen atoms in total. The van der Waals surface area contributed by atoms with Gasteiger partial charge >= 0.3 is 0 Å². The molecule has 98 valence electrons. The van der Waals surface area contributed by atoms with Crippen LogP contribution in [0.2, 0.25) is 0 Å². The first-order chi connectivity index (χ1) is 7.89. The summed E-state index contributed by atoms with van der Waals surface area (Å²) in [5, 5.41) is 27.1. The number of aromatic nitrogens is 1. The van der Waals surface area contributed by atoms with Crippen molar-refractivity contribution in [1.29, 1.82) is 0 Å². The molecule has 0 bridgehead atoms. The molecule has 1 aromatic heterocycles. The number of nitrogens with one attached hydrogen (secondary N) is 1. The maximum absolute atomic E-state index is 11.9. The van der Waals surface area contributed by atoms with E-state index in [9.17, 15) is 8.42 Å². The Labute approximate surface area is 99.4 Å². The highest BCUT2D eigenvalue weighted by Gasteiger charge is 2.34. The molecular weight excluding hydrogens is 248 g/mol. The molecule has 0 amide bonds. The lowest BCUT2D eigenvalue weighted by Crippen LogP contribution is -2.56. The van der Waals surface area contributed by atoms with E-state index in [-0.39, 0.29) is 4.90 Å². The number of hydrogen-bond donors (Lipinski definition) is 4. The van der Waals surface area contributed by atoms with E-state index >= 15 is 0 Å². The highest BCUT2D eigenvalue weighted by atomic mass is 32.2. The monoisotopic (exact) mass is 264 g/mol. The van der Waals surface area contributed by atoms with Crippen molar-refractivity contribution in [3.8, 4) is 0 Å². The number of aryl methyl sites for hydroxylation is 1. The van der Waals surface area contributed by atoms with E-state index in [1.54, 1.807) is 17.8 Å². The van der Waals surface area contributed by atoms with E-state index in [0.29, 0.717) is 0 Å². The standard InChI is InChI=1S/C9H16N2O5S/c1-11-3-2-8(4-11)17(15,16)10-9(5-12,6-13)7-14/h2-4,10,12-14H,5-7H2,1H3. The van der Waals surface area contributed by atoms with Crippen LogP contribution in [0.1, 0.15) is 0 Å². The fourth-order valence-electron chi connectivity index (χ4n) is 1.23. The van der Waals surface area contributed by atoms with Gasteiger partial charge in [0, 0.05) is 19.4 Å². The van der Waals surface area contributed by atoms with Crippen molar-refractivity contribution in [2.24, 2.45) is 7.05 Å². The first-order valence-electron chi connectivity index (χ1n) is 4.88. The molecule has 0 aliphatic carbocycles. The van der Waals surface area contributed by atoms with Crippen LogP contribution < -0.4 is 4.72 Å². The summed E-state index contributed by atoms with van der Waals surface area (Å²) in [6.45, 7) is -2.11. The molecule has 0 fully saturated rings. The maximum Gasteiger partial charge on any atom is 0.242 e. The van der Waals surface area contributed by atoms with Gasteiger partial charge in [0.1, 0.15) is 5.54 Å². The molecule has 0 radical (unpaired) electrons. The fourth-order valence-corrected chi connectivity index (χ4v) is 2.65. The zero-order valence-corrected chi connectivity index (χ0v) is 10.2. The minimum Gasteiger partial charge on any atom is -0.394 e. The predicted octanol–water partition coefficient (Wildman–Crippen LogP) is -1.98. The van der Waals surface area contributed by atoms with Crippen molar-refractivity contribution in [3.63, 3.8) is 0 Å². The Bertz CT molecular complexity index is 455. The van der Waals surface area contributed by atoms with Crippen LogP contribution in [0.4, 0.5) is 0 Å². The zero-order chi connectivity index (χ0) is 13.1. The quantitative estimate of drug-likeness (QED) is 0.476. The van der Waals surface area contributed by atoms with E-state index in [1.165, 1.54) is 12.3 Å². The molecule has 1 aromatic rings. The van der Waals surface area contributed by atoms with Crippen LogP contribution in [0.25, 0.3) is 0 Å². The molecular formula is C9H16N2O5S. The van der Waals surface area contributed by atoms with Crippen molar-refractivity contribution in [1.82, 2.24) is 9.29 Å². The SMILES string of the molecule is Cn1ccc(S(=O)(=O)NC(CO)(CO)CO)c1. The van der Waals surface area contributed by atoms with Gasteiger partial charge in [0.2, 0.25) is 10.0 Å². The van der Waals surface area contributed by atoms with Crippen LogP contribution in [0.5, 0.6) is 0 Å². The molecule has 0 spiro atoms. The third-order valence-electron chi connectivity index (χ3n) is 2.37. The molecule has 8 heteroatoms. The second-order valence-electron chi connectivity index (χ2n) is 3.87. The van der Waals surface area contributed by atoms with E-state index in [4.69, 9.17) is 15.3 Å². The molecule has 0 aliphatic heterocycles. The summed E-state index contributed by atoms with van der Waals surface area (Å²) in [6, 6.07) is 1.37. The largest absolute Gasteiger partial charge is 0.394 e. The average Bonchev–Trinajstić information content (AvgIpc) is 2.74. The summed E-state index contributed by atoms with van der Waals surface area (Å²) < 4.78 is 27.4. The molecule has 0 atom stereocenters. The summed E-state index contributed by atoms with van der Waals surface area (Å²) in [4.78, 5) is -0.000255. The van der Waals surface area contributed by atoms with E-state index in [0.717, 1.165) is 0 Å². The summed E-state index contributed by atoms with van der Waals surface area (Å²) in [7, 11) is -2.22. The number of aliphatic hydroxyl groups excluding tert-OH is 3. The van der Waals surface area contributed by atoms with Crippen molar-refractivity contribution in [3.05, 3.63) is 18.5 Å². The smallest absolute Gasteiger partial charge is 0.242 e. The summed E-state index contributed by atoms with van der Waals surface area (Å²) in [6.07, 6.45) is 2.92. The summed E-state index contributed by atoms with van der Waals surface area (Å²) in [5.41, 5.74) is -1.66. The van der Waals surface area contributed by atoms with Gasteiger partial charge in [-0.3, -0.25) is 0 Å². The van der Waals surface area contributed by atoms with E-state index < -0.39 is 35.4 Å². The van der Waals surface area contributed by atoms with Gasteiger partial charge in [-0.2, -0.15) is 4.72 Å². The second kappa shape index (κ2) is 5.15. The lowest BCUT2D eigenvalue weighted by Gasteiger charge is -2.27. The minimum atomic E-state index is -3.88. The van der Waals surface area contributed by atoms with Crippen molar-refractivity contribution < 1.29 is 23.7 Å². The van der Waals surface area contributed by atoms with E-state index in [2.05, 4.69) is 4.72 Å².